The van der Waals surface area contributed by atoms with Crippen LogP contribution in [0.4, 0.5) is 5.69 Å². The average Bonchev–Trinajstić information content (AvgIpc) is 3.26. The van der Waals surface area contributed by atoms with E-state index in [0.29, 0.717) is 30.2 Å². The van der Waals surface area contributed by atoms with Crippen molar-refractivity contribution < 1.29 is 14.0 Å². The van der Waals surface area contributed by atoms with Crippen LogP contribution in [-0.4, -0.2) is 42.8 Å². The molecule has 1 saturated heterocycles. The summed E-state index contributed by atoms with van der Waals surface area (Å²) in [7, 11) is 0. The number of aryl methyl sites for hydroxylation is 1. The molecule has 1 aromatic heterocycles. The SMILES string of the molecule is CC(=O)c1ccc(-c2ccc(C(=O)N3CCN(c4cccc(C)c4C)CC3)o2)cc1. The Morgan fingerprint density at radius 3 is 2.23 bits per heavy atom. The van der Waals surface area contributed by atoms with Gasteiger partial charge < -0.3 is 14.2 Å². The van der Waals surface area contributed by atoms with E-state index < -0.39 is 0 Å². The van der Waals surface area contributed by atoms with Gasteiger partial charge in [0.1, 0.15) is 5.76 Å². The van der Waals surface area contributed by atoms with E-state index in [0.717, 1.165) is 18.7 Å². The van der Waals surface area contributed by atoms with Crippen molar-refractivity contribution in [1.29, 1.82) is 0 Å². The number of hydrogen-bond donors (Lipinski definition) is 0. The standard InChI is InChI=1S/C25H26N2O3/c1-17-5-4-6-22(18(17)2)26-13-15-27(16-14-26)25(29)24-12-11-23(30-24)21-9-7-20(8-10-21)19(3)28/h4-12H,13-16H2,1-3H3. The third-order valence-electron chi connectivity index (χ3n) is 5.88. The van der Waals surface area contributed by atoms with Gasteiger partial charge in [-0.15, -0.1) is 0 Å². The smallest absolute Gasteiger partial charge is 0.289 e. The second-order valence-corrected chi connectivity index (χ2v) is 7.80. The van der Waals surface area contributed by atoms with Crippen LogP contribution in [0.25, 0.3) is 11.3 Å². The van der Waals surface area contributed by atoms with Crippen molar-refractivity contribution in [2.75, 3.05) is 31.1 Å². The van der Waals surface area contributed by atoms with Gasteiger partial charge in [0.05, 0.1) is 0 Å². The van der Waals surface area contributed by atoms with Gasteiger partial charge in [0, 0.05) is 43.0 Å². The lowest BCUT2D eigenvalue weighted by Crippen LogP contribution is -2.49. The summed E-state index contributed by atoms with van der Waals surface area (Å²) in [6.07, 6.45) is 0. The summed E-state index contributed by atoms with van der Waals surface area (Å²) in [4.78, 5) is 28.5. The number of rotatable bonds is 4. The Morgan fingerprint density at radius 1 is 0.867 bits per heavy atom. The van der Waals surface area contributed by atoms with Crippen molar-refractivity contribution in [3.8, 4) is 11.3 Å². The molecule has 0 saturated carbocycles. The number of carbonyl (C=O) groups excluding carboxylic acids is 2. The molecule has 0 aliphatic carbocycles. The normalized spacial score (nSPS) is 14.1. The molecule has 2 heterocycles. The third-order valence-corrected chi connectivity index (χ3v) is 5.88. The van der Waals surface area contributed by atoms with Crippen molar-refractivity contribution in [1.82, 2.24) is 4.90 Å². The molecule has 0 atom stereocenters. The van der Waals surface area contributed by atoms with E-state index in [2.05, 4.69) is 36.9 Å². The van der Waals surface area contributed by atoms with Crippen molar-refractivity contribution in [2.45, 2.75) is 20.8 Å². The fourth-order valence-electron chi connectivity index (χ4n) is 3.86. The van der Waals surface area contributed by atoms with Crippen LogP contribution in [-0.2, 0) is 0 Å². The molecule has 1 aliphatic rings. The van der Waals surface area contributed by atoms with E-state index in [-0.39, 0.29) is 11.7 Å². The van der Waals surface area contributed by atoms with Crippen molar-refractivity contribution in [2.24, 2.45) is 0 Å². The first-order chi connectivity index (χ1) is 14.4. The van der Waals surface area contributed by atoms with Gasteiger partial charge in [0.15, 0.2) is 11.5 Å². The Balaban J connectivity index is 1.42. The van der Waals surface area contributed by atoms with E-state index in [9.17, 15) is 9.59 Å². The number of piperazine rings is 1. The van der Waals surface area contributed by atoms with Gasteiger partial charge in [-0.05, 0) is 50.1 Å². The number of ketones is 1. The zero-order valence-electron chi connectivity index (χ0n) is 17.6. The van der Waals surface area contributed by atoms with Crippen LogP contribution in [0.1, 0.15) is 39.0 Å². The maximum Gasteiger partial charge on any atom is 0.289 e. The van der Waals surface area contributed by atoms with Crippen LogP contribution in [0.3, 0.4) is 0 Å². The first-order valence-corrected chi connectivity index (χ1v) is 10.3. The summed E-state index contributed by atoms with van der Waals surface area (Å²) in [5.41, 5.74) is 5.33. The molecule has 2 aromatic carbocycles. The highest BCUT2D eigenvalue weighted by Gasteiger charge is 2.25. The molecule has 0 N–H and O–H groups in total. The summed E-state index contributed by atoms with van der Waals surface area (Å²) in [5, 5.41) is 0. The van der Waals surface area contributed by atoms with Gasteiger partial charge in [0.25, 0.3) is 5.91 Å². The average molecular weight is 402 g/mol. The fraction of sp³-hybridized carbons (Fsp3) is 0.280. The van der Waals surface area contributed by atoms with Crippen LogP contribution >= 0.6 is 0 Å². The molecule has 1 aliphatic heterocycles. The molecule has 5 heteroatoms. The summed E-state index contributed by atoms with van der Waals surface area (Å²) in [6, 6.07) is 17.1. The van der Waals surface area contributed by atoms with Crippen molar-refractivity contribution in [3.05, 3.63) is 77.0 Å². The molecule has 5 nitrogen and oxygen atoms in total. The lowest BCUT2D eigenvalue weighted by atomic mass is 10.1. The highest BCUT2D eigenvalue weighted by Crippen LogP contribution is 2.26. The highest BCUT2D eigenvalue weighted by molar-refractivity contribution is 5.94. The number of Topliss-reactive ketones (excluding diaryl/α,β-unsaturated/α-hetero) is 1. The predicted molar refractivity (Wildman–Crippen MR) is 118 cm³/mol. The molecule has 4 rings (SSSR count). The summed E-state index contributed by atoms with van der Waals surface area (Å²) in [6.45, 7) is 8.74. The van der Waals surface area contributed by atoms with Gasteiger partial charge in [-0.1, -0.05) is 36.4 Å². The maximum atomic E-state index is 12.9. The molecule has 0 radical (unpaired) electrons. The zero-order valence-corrected chi connectivity index (χ0v) is 17.6. The first-order valence-electron chi connectivity index (χ1n) is 10.3. The second kappa shape index (κ2) is 8.19. The maximum absolute atomic E-state index is 12.9. The van der Waals surface area contributed by atoms with E-state index in [4.69, 9.17) is 4.42 Å². The molecule has 3 aromatic rings. The van der Waals surface area contributed by atoms with E-state index in [1.807, 2.05) is 23.1 Å². The molecule has 1 amide bonds. The number of nitrogens with zero attached hydrogens (tertiary/aromatic N) is 2. The first kappa shape index (κ1) is 20.0. The number of hydrogen-bond acceptors (Lipinski definition) is 4. The van der Waals surface area contributed by atoms with Crippen LogP contribution in [0.5, 0.6) is 0 Å². The lowest BCUT2D eigenvalue weighted by Gasteiger charge is -2.36. The van der Waals surface area contributed by atoms with E-state index >= 15 is 0 Å². The Kier molecular flexibility index (Phi) is 5.44. The Bertz CT molecular complexity index is 1070. The summed E-state index contributed by atoms with van der Waals surface area (Å²) < 4.78 is 5.84. The molecule has 0 unspecified atom stereocenters. The van der Waals surface area contributed by atoms with Crippen LogP contribution in [0.2, 0.25) is 0 Å². The molecule has 0 bridgehead atoms. The monoisotopic (exact) mass is 402 g/mol. The van der Waals surface area contributed by atoms with Gasteiger partial charge in [-0.25, -0.2) is 0 Å². The van der Waals surface area contributed by atoms with Crippen LogP contribution in [0.15, 0.2) is 59.0 Å². The Morgan fingerprint density at radius 2 is 1.57 bits per heavy atom. The van der Waals surface area contributed by atoms with Crippen LogP contribution in [0, 0.1) is 13.8 Å². The highest BCUT2D eigenvalue weighted by atomic mass is 16.4. The zero-order chi connectivity index (χ0) is 21.3. The minimum atomic E-state index is -0.0813. The molecular formula is C25H26N2O3. The van der Waals surface area contributed by atoms with E-state index in [1.54, 1.807) is 25.1 Å². The second-order valence-electron chi connectivity index (χ2n) is 7.80. The largest absolute Gasteiger partial charge is 0.451 e. The van der Waals surface area contributed by atoms with Gasteiger partial charge in [-0.3, -0.25) is 9.59 Å². The van der Waals surface area contributed by atoms with Crippen molar-refractivity contribution in [3.63, 3.8) is 0 Å². The molecular weight excluding hydrogens is 376 g/mol. The molecule has 0 spiro atoms. The number of amides is 1. The number of benzene rings is 2. The van der Waals surface area contributed by atoms with Gasteiger partial charge in [-0.2, -0.15) is 0 Å². The van der Waals surface area contributed by atoms with Gasteiger partial charge in [0.2, 0.25) is 0 Å². The number of carbonyl (C=O) groups is 2. The molecule has 154 valence electrons. The predicted octanol–water partition coefficient (Wildman–Crippen LogP) is 4.73. The Hall–Kier alpha value is -3.34. The van der Waals surface area contributed by atoms with E-state index in [1.165, 1.54) is 16.8 Å². The summed E-state index contributed by atoms with van der Waals surface area (Å²) >= 11 is 0. The minimum Gasteiger partial charge on any atom is -0.451 e. The van der Waals surface area contributed by atoms with Crippen molar-refractivity contribution >= 4 is 17.4 Å². The minimum absolute atomic E-state index is 0.0249. The van der Waals surface area contributed by atoms with Gasteiger partial charge >= 0.3 is 0 Å². The number of anilines is 1. The molecule has 1 fully saturated rings. The third kappa shape index (κ3) is 3.88. The summed E-state index contributed by atoms with van der Waals surface area (Å²) in [5.74, 6) is 0.919. The fourth-order valence-corrected chi connectivity index (χ4v) is 3.86. The number of furan rings is 1. The Labute approximate surface area is 176 Å². The topological polar surface area (TPSA) is 53.8 Å². The molecule has 30 heavy (non-hydrogen) atoms. The lowest BCUT2D eigenvalue weighted by molar-refractivity contribution is 0.0715. The quantitative estimate of drug-likeness (QED) is 0.592. The van der Waals surface area contributed by atoms with Crippen LogP contribution < -0.4 is 4.90 Å².